The second-order valence-electron chi connectivity index (χ2n) is 6.10. The van der Waals surface area contributed by atoms with E-state index in [0.29, 0.717) is 35.9 Å². The van der Waals surface area contributed by atoms with Gasteiger partial charge in [-0.25, -0.2) is 4.79 Å². The number of halogens is 4. The molecule has 1 aliphatic rings. The Morgan fingerprint density at radius 1 is 1.37 bits per heavy atom. The van der Waals surface area contributed by atoms with E-state index in [1.807, 2.05) is 12.2 Å². The van der Waals surface area contributed by atoms with Crippen LogP contribution in [0.15, 0.2) is 18.2 Å². The van der Waals surface area contributed by atoms with Gasteiger partial charge in [0.05, 0.1) is 12.3 Å². The Kier molecular flexibility index (Phi) is 7.18. The van der Waals surface area contributed by atoms with Crippen molar-refractivity contribution in [3.63, 3.8) is 0 Å². The standard InChI is InChI=1S/C17H21ClF3N3O3/c1-2-8-27-14-6-5-11(18)9-12(14)23-16(26)24-7-3-4-13(24)15(25)22-10-17(19,20)21/h5-6,9,13H,2-4,7-8,10H2,1H3,(H,22,25)(H,23,26). The van der Waals surface area contributed by atoms with Crippen LogP contribution in [0.1, 0.15) is 26.2 Å². The molecule has 0 spiro atoms. The smallest absolute Gasteiger partial charge is 0.405 e. The first-order valence-corrected chi connectivity index (χ1v) is 8.93. The monoisotopic (exact) mass is 407 g/mol. The third-order valence-electron chi connectivity index (χ3n) is 3.92. The molecule has 1 saturated heterocycles. The number of nitrogens with zero attached hydrogens (tertiary/aromatic N) is 1. The van der Waals surface area contributed by atoms with Crippen LogP contribution in [0.25, 0.3) is 0 Å². The first kappa shape index (κ1) is 21.1. The zero-order valence-electron chi connectivity index (χ0n) is 14.7. The summed E-state index contributed by atoms with van der Waals surface area (Å²) in [6, 6.07) is 3.20. The fraction of sp³-hybridized carbons (Fsp3) is 0.529. The molecule has 150 valence electrons. The van der Waals surface area contributed by atoms with Crippen LogP contribution in [-0.4, -0.2) is 48.8 Å². The second-order valence-corrected chi connectivity index (χ2v) is 6.54. The quantitative estimate of drug-likeness (QED) is 0.753. The highest BCUT2D eigenvalue weighted by atomic mass is 35.5. The molecular weight excluding hydrogens is 387 g/mol. The van der Waals surface area contributed by atoms with Crippen LogP contribution in [0.5, 0.6) is 5.75 Å². The molecule has 0 saturated carbocycles. The van der Waals surface area contributed by atoms with Crippen molar-refractivity contribution in [1.82, 2.24) is 10.2 Å². The van der Waals surface area contributed by atoms with Gasteiger partial charge in [-0.15, -0.1) is 0 Å². The van der Waals surface area contributed by atoms with Crippen molar-refractivity contribution < 1.29 is 27.5 Å². The van der Waals surface area contributed by atoms with Gasteiger partial charge in [-0.2, -0.15) is 13.2 Å². The lowest BCUT2D eigenvalue weighted by atomic mass is 10.2. The minimum Gasteiger partial charge on any atom is -0.491 e. The zero-order chi connectivity index (χ0) is 20.0. The molecule has 0 radical (unpaired) electrons. The van der Waals surface area contributed by atoms with E-state index in [0.717, 1.165) is 6.42 Å². The molecule has 6 nitrogen and oxygen atoms in total. The number of hydrogen-bond donors (Lipinski definition) is 2. The maximum atomic E-state index is 12.6. The summed E-state index contributed by atoms with van der Waals surface area (Å²) in [5, 5.41) is 4.85. The summed E-state index contributed by atoms with van der Waals surface area (Å²) in [6.45, 7) is 1.21. The van der Waals surface area contributed by atoms with Gasteiger partial charge in [-0.3, -0.25) is 4.79 Å². The predicted octanol–water partition coefficient (Wildman–Crippen LogP) is 3.80. The van der Waals surface area contributed by atoms with Gasteiger partial charge in [0.15, 0.2) is 0 Å². The summed E-state index contributed by atoms with van der Waals surface area (Å²) in [5.41, 5.74) is 0.335. The van der Waals surface area contributed by atoms with E-state index >= 15 is 0 Å². The Hall–Kier alpha value is -2.16. The van der Waals surface area contributed by atoms with Gasteiger partial charge >= 0.3 is 12.2 Å². The summed E-state index contributed by atoms with van der Waals surface area (Å²) in [5.74, 6) is -0.402. The van der Waals surface area contributed by atoms with E-state index in [4.69, 9.17) is 16.3 Å². The maximum Gasteiger partial charge on any atom is 0.405 e. The Morgan fingerprint density at radius 2 is 2.11 bits per heavy atom. The number of likely N-dealkylation sites (tertiary alicyclic amines) is 1. The maximum absolute atomic E-state index is 12.6. The van der Waals surface area contributed by atoms with Gasteiger partial charge < -0.3 is 20.3 Å². The van der Waals surface area contributed by atoms with E-state index in [-0.39, 0.29) is 6.54 Å². The molecule has 0 bridgehead atoms. The molecule has 2 N–H and O–H groups in total. The number of nitrogens with one attached hydrogen (secondary N) is 2. The third kappa shape index (κ3) is 6.20. The Balaban J connectivity index is 2.06. The van der Waals surface area contributed by atoms with Gasteiger partial charge in [0.1, 0.15) is 18.3 Å². The van der Waals surface area contributed by atoms with Crippen molar-refractivity contribution in [1.29, 1.82) is 0 Å². The van der Waals surface area contributed by atoms with E-state index in [9.17, 15) is 22.8 Å². The Bertz CT molecular complexity index is 685. The van der Waals surface area contributed by atoms with Crippen LogP contribution in [0.4, 0.5) is 23.7 Å². The Morgan fingerprint density at radius 3 is 2.78 bits per heavy atom. The van der Waals surface area contributed by atoms with Crippen LogP contribution in [-0.2, 0) is 4.79 Å². The topological polar surface area (TPSA) is 70.7 Å². The summed E-state index contributed by atoms with van der Waals surface area (Å²) in [6.07, 6.45) is -2.92. The molecule has 1 unspecified atom stereocenters. The number of hydrogen-bond acceptors (Lipinski definition) is 3. The molecule has 0 aliphatic carbocycles. The van der Waals surface area contributed by atoms with Crippen LogP contribution in [0.2, 0.25) is 5.02 Å². The third-order valence-corrected chi connectivity index (χ3v) is 4.16. The fourth-order valence-corrected chi connectivity index (χ4v) is 2.88. The number of rotatable bonds is 6. The molecule has 1 aliphatic heterocycles. The number of anilines is 1. The van der Waals surface area contributed by atoms with E-state index in [1.165, 1.54) is 11.0 Å². The summed E-state index contributed by atoms with van der Waals surface area (Å²) in [7, 11) is 0. The molecule has 1 fully saturated rings. The zero-order valence-corrected chi connectivity index (χ0v) is 15.5. The molecule has 27 heavy (non-hydrogen) atoms. The molecule has 3 amide bonds. The number of ether oxygens (including phenoxy) is 1. The average Bonchev–Trinajstić information content (AvgIpc) is 3.08. The van der Waals surface area contributed by atoms with Crippen molar-refractivity contribution in [3.05, 3.63) is 23.2 Å². The molecule has 1 atom stereocenters. The van der Waals surface area contributed by atoms with Crippen molar-refractivity contribution >= 4 is 29.2 Å². The number of amides is 3. The Labute approximate surface area is 160 Å². The van der Waals surface area contributed by atoms with Crippen molar-refractivity contribution in [2.75, 3.05) is 25.0 Å². The van der Waals surface area contributed by atoms with Crippen molar-refractivity contribution in [2.45, 2.75) is 38.4 Å². The SMILES string of the molecule is CCCOc1ccc(Cl)cc1NC(=O)N1CCCC1C(=O)NCC(F)(F)F. The van der Waals surface area contributed by atoms with Gasteiger partial charge in [0, 0.05) is 11.6 Å². The highest BCUT2D eigenvalue weighted by Gasteiger charge is 2.36. The number of benzene rings is 1. The van der Waals surface area contributed by atoms with Gasteiger partial charge in [0.25, 0.3) is 0 Å². The normalized spacial score (nSPS) is 16.9. The van der Waals surface area contributed by atoms with E-state index < -0.39 is 30.7 Å². The lowest BCUT2D eigenvalue weighted by Gasteiger charge is -2.25. The lowest BCUT2D eigenvalue weighted by Crippen LogP contribution is -2.49. The molecule has 10 heteroatoms. The van der Waals surface area contributed by atoms with Gasteiger partial charge in [-0.05, 0) is 37.5 Å². The number of alkyl halides is 3. The van der Waals surface area contributed by atoms with Crippen molar-refractivity contribution in [2.24, 2.45) is 0 Å². The van der Waals surface area contributed by atoms with Crippen molar-refractivity contribution in [3.8, 4) is 5.75 Å². The highest BCUT2D eigenvalue weighted by Crippen LogP contribution is 2.29. The van der Waals surface area contributed by atoms with Crippen LogP contribution in [0, 0.1) is 0 Å². The average molecular weight is 408 g/mol. The predicted molar refractivity (Wildman–Crippen MR) is 95.0 cm³/mol. The first-order valence-electron chi connectivity index (χ1n) is 8.55. The fourth-order valence-electron chi connectivity index (χ4n) is 2.71. The lowest BCUT2D eigenvalue weighted by molar-refractivity contribution is -0.140. The summed E-state index contributed by atoms with van der Waals surface area (Å²) >= 11 is 5.97. The molecule has 1 aromatic carbocycles. The highest BCUT2D eigenvalue weighted by molar-refractivity contribution is 6.31. The van der Waals surface area contributed by atoms with Gasteiger partial charge in [-0.1, -0.05) is 18.5 Å². The van der Waals surface area contributed by atoms with Crippen LogP contribution < -0.4 is 15.4 Å². The minimum absolute atomic E-state index is 0.266. The second kappa shape index (κ2) is 9.16. The van der Waals surface area contributed by atoms with E-state index in [2.05, 4.69) is 5.32 Å². The molecule has 1 aromatic rings. The molecule has 1 heterocycles. The summed E-state index contributed by atoms with van der Waals surface area (Å²) < 4.78 is 42.4. The minimum atomic E-state index is -4.51. The van der Waals surface area contributed by atoms with Crippen LogP contribution in [0.3, 0.4) is 0 Å². The van der Waals surface area contributed by atoms with E-state index in [1.54, 1.807) is 12.1 Å². The van der Waals surface area contributed by atoms with Crippen LogP contribution >= 0.6 is 11.6 Å². The van der Waals surface area contributed by atoms with Gasteiger partial charge in [0.2, 0.25) is 5.91 Å². The largest absolute Gasteiger partial charge is 0.491 e. The molecule has 2 rings (SSSR count). The number of carbonyl (C=O) groups is 2. The molecule has 0 aromatic heterocycles. The number of urea groups is 1. The summed E-state index contributed by atoms with van der Waals surface area (Å²) in [4.78, 5) is 25.8. The number of carbonyl (C=O) groups excluding carboxylic acids is 2. The first-order chi connectivity index (χ1) is 12.7. The molecular formula is C17H21ClF3N3O3.